The molecule has 0 radical (unpaired) electrons. The Hall–Kier alpha value is -2.03. The van der Waals surface area contributed by atoms with Gasteiger partial charge in [0.25, 0.3) is 5.91 Å². The van der Waals surface area contributed by atoms with E-state index < -0.39 is 12.5 Å². The Morgan fingerprint density at radius 2 is 2.29 bits per heavy atom. The first kappa shape index (κ1) is 15.4. The van der Waals surface area contributed by atoms with Gasteiger partial charge in [0.2, 0.25) is 0 Å². The summed E-state index contributed by atoms with van der Waals surface area (Å²) in [4.78, 5) is 12.9. The van der Waals surface area contributed by atoms with Crippen molar-refractivity contribution in [2.75, 3.05) is 6.54 Å². The summed E-state index contributed by atoms with van der Waals surface area (Å²) in [5.41, 5.74) is 0. The lowest BCUT2D eigenvalue weighted by atomic mass is 10.3. The molecule has 0 spiro atoms. The molecule has 0 atom stereocenters. The van der Waals surface area contributed by atoms with Crippen LogP contribution in [-0.2, 0) is 6.54 Å². The van der Waals surface area contributed by atoms with E-state index in [0.29, 0.717) is 13.1 Å². The summed E-state index contributed by atoms with van der Waals surface area (Å²) >= 11 is 1.11. The number of halogens is 2. The summed E-state index contributed by atoms with van der Waals surface area (Å²) in [7, 11) is 0. The first-order chi connectivity index (χ1) is 9.97. The van der Waals surface area contributed by atoms with Crippen LogP contribution in [0, 0.1) is 13.8 Å². The summed E-state index contributed by atoms with van der Waals surface area (Å²) in [6, 6.07) is 1.43. The highest BCUT2D eigenvalue weighted by Gasteiger charge is 2.18. The molecule has 0 bridgehead atoms. The maximum absolute atomic E-state index is 12.3. The maximum atomic E-state index is 12.3. The van der Waals surface area contributed by atoms with E-state index in [1.807, 2.05) is 0 Å². The third-order valence-corrected chi connectivity index (χ3v) is 3.72. The summed E-state index contributed by atoms with van der Waals surface area (Å²) in [6.45, 7) is 1.40. The Morgan fingerprint density at radius 3 is 2.90 bits per heavy atom. The van der Waals surface area contributed by atoms with Crippen LogP contribution in [0.2, 0.25) is 0 Å². The average Bonchev–Trinajstić information content (AvgIpc) is 2.95. The highest BCUT2D eigenvalue weighted by Crippen LogP contribution is 2.30. The number of nitrogens with one attached hydrogen (secondary N) is 1. The second kappa shape index (κ2) is 6.61. The van der Waals surface area contributed by atoms with Crippen LogP contribution in [0.3, 0.4) is 0 Å². The van der Waals surface area contributed by atoms with Crippen molar-refractivity contribution in [3.8, 4) is 5.75 Å². The van der Waals surface area contributed by atoms with Crippen LogP contribution in [0.25, 0.3) is 0 Å². The van der Waals surface area contributed by atoms with Crippen LogP contribution < -0.4 is 10.1 Å². The first-order valence-corrected chi connectivity index (χ1v) is 6.97. The minimum atomic E-state index is -2.95. The Labute approximate surface area is 123 Å². The molecule has 0 aliphatic heterocycles. The van der Waals surface area contributed by atoms with Crippen molar-refractivity contribution in [2.45, 2.75) is 27.0 Å². The van der Waals surface area contributed by atoms with Gasteiger partial charge in [-0.05, 0) is 19.9 Å². The predicted molar refractivity (Wildman–Crippen MR) is 72.8 cm³/mol. The molecule has 0 aliphatic rings. The highest BCUT2D eigenvalue weighted by atomic mass is 32.1. The molecule has 2 aromatic rings. The zero-order valence-electron chi connectivity index (χ0n) is 11.5. The second-order valence-corrected chi connectivity index (χ2v) is 5.51. The minimum Gasteiger partial charge on any atom is -0.433 e. The molecule has 0 saturated heterocycles. The number of nitrogens with zero attached hydrogens (tertiary/aromatic N) is 3. The average molecular weight is 316 g/mol. The van der Waals surface area contributed by atoms with E-state index >= 15 is 0 Å². The van der Waals surface area contributed by atoms with Crippen molar-refractivity contribution in [1.29, 1.82) is 0 Å². The Balaban J connectivity index is 1.95. The molecular weight excluding hydrogens is 302 g/mol. The van der Waals surface area contributed by atoms with Crippen LogP contribution in [0.1, 0.15) is 20.4 Å². The number of aryl methyl sites for hydroxylation is 2. The fourth-order valence-corrected chi connectivity index (χ4v) is 2.60. The number of alkyl halides is 2. The van der Waals surface area contributed by atoms with Crippen LogP contribution in [-0.4, -0.2) is 33.8 Å². The molecule has 0 unspecified atom stereocenters. The first-order valence-electron chi connectivity index (χ1n) is 6.15. The molecule has 0 fully saturated rings. The minimum absolute atomic E-state index is 0.0921. The van der Waals surface area contributed by atoms with Crippen molar-refractivity contribution in [3.63, 3.8) is 0 Å². The summed E-state index contributed by atoms with van der Waals surface area (Å²) in [6.07, 6.45) is 1.56. The van der Waals surface area contributed by atoms with E-state index in [1.165, 1.54) is 6.07 Å². The Kier molecular flexibility index (Phi) is 4.84. The van der Waals surface area contributed by atoms with Gasteiger partial charge in [0.15, 0.2) is 0 Å². The SMILES string of the molecule is Cc1cc(OC(F)F)c(C(=O)NCCn2cnnc2C)s1. The van der Waals surface area contributed by atoms with Crippen LogP contribution >= 0.6 is 11.3 Å². The second-order valence-electron chi connectivity index (χ2n) is 4.26. The summed E-state index contributed by atoms with van der Waals surface area (Å²) in [5, 5.41) is 10.2. The van der Waals surface area contributed by atoms with Gasteiger partial charge in [-0.15, -0.1) is 21.5 Å². The van der Waals surface area contributed by atoms with Crippen LogP contribution in [0.5, 0.6) is 5.75 Å². The Bertz CT molecular complexity index is 627. The van der Waals surface area contributed by atoms with Crippen molar-refractivity contribution in [2.24, 2.45) is 0 Å². The molecule has 1 N–H and O–H groups in total. The molecule has 9 heteroatoms. The van der Waals surface area contributed by atoms with E-state index in [2.05, 4.69) is 20.3 Å². The number of carbonyl (C=O) groups excluding carboxylic acids is 1. The molecule has 2 aromatic heterocycles. The summed E-state index contributed by atoms with van der Waals surface area (Å²) in [5.74, 6) is 0.206. The van der Waals surface area contributed by atoms with E-state index in [0.717, 1.165) is 22.0 Å². The van der Waals surface area contributed by atoms with Crippen molar-refractivity contribution in [1.82, 2.24) is 20.1 Å². The van der Waals surface area contributed by atoms with Gasteiger partial charge in [0.05, 0.1) is 0 Å². The molecule has 2 rings (SSSR count). The number of hydrogen-bond acceptors (Lipinski definition) is 5. The van der Waals surface area contributed by atoms with Gasteiger partial charge < -0.3 is 14.6 Å². The van der Waals surface area contributed by atoms with E-state index in [9.17, 15) is 13.6 Å². The predicted octanol–water partition coefficient (Wildman–Crippen LogP) is 1.99. The van der Waals surface area contributed by atoms with E-state index in [1.54, 1.807) is 24.7 Å². The van der Waals surface area contributed by atoms with Gasteiger partial charge in [-0.3, -0.25) is 4.79 Å². The number of rotatable bonds is 6. The lowest BCUT2D eigenvalue weighted by molar-refractivity contribution is -0.0498. The molecule has 0 aromatic carbocycles. The zero-order chi connectivity index (χ0) is 15.4. The molecule has 0 saturated carbocycles. The van der Waals surface area contributed by atoms with Crippen molar-refractivity contribution >= 4 is 17.2 Å². The molecule has 0 aliphatic carbocycles. The quantitative estimate of drug-likeness (QED) is 0.885. The topological polar surface area (TPSA) is 69.0 Å². The number of ether oxygens (including phenoxy) is 1. The van der Waals surface area contributed by atoms with Gasteiger partial charge in [-0.1, -0.05) is 0 Å². The fraction of sp³-hybridized carbons (Fsp3) is 0.417. The number of hydrogen-bond donors (Lipinski definition) is 1. The lowest BCUT2D eigenvalue weighted by Gasteiger charge is -2.07. The number of thiophene rings is 1. The summed E-state index contributed by atoms with van der Waals surface area (Å²) < 4.78 is 30.7. The molecule has 1 amide bonds. The Morgan fingerprint density at radius 1 is 1.52 bits per heavy atom. The molecule has 6 nitrogen and oxygen atoms in total. The van der Waals surface area contributed by atoms with Crippen molar-refractivity contribution in [3.05, 3.63) is 28.0 Å². The van der Waals surface area contributed by atoms with E-state index in [4.69, 9.17) is 0 Å². The fourth-order valence-electron chi connectivity index (χ4n) is 1.74. The number of carbonyl (C=O) groups is 1. The molecule has 2 heterocycles. The smallest absolute Gasteiger partial charge is 0.387 e. The standard InChI is InChI=1S/C12H14F2N4O2S/c1-7-5-9(20-12(13)14)10(21-7)11(19)15-3-4-18-6-16-17-8(18)2/h5-6,12H,3-4H2,1-2H3,(H,15,19). The van der Waals surface area contributed by atoms with Gasteiger partial charge >= 0.3 is 6.61 Å². The zero-order valence-corrected chi connectivity index (χ0v) is 12.3. The molecular formula is C12H14F2N4O2S. The van der Waals surface area contributed by atoms with Gasteiger partial charge in [0.1, 0.15) is 22.8 Å². The highest BCUT2D eigenvalue weighted by molar-refractivity contribution is 7.14. The largest absolute Gasteiger partial charge is 0.433 e. The molecule has 114 valence electrons. The lowest BCUT2D eigenvalue weighted by Crippen LogP contribution is -2.27. The maximum Gasteiger partial charge on any atom is 0.387 e. The third-order valence-electron chi connectivity index (χ3n) is 2.69. The van der Waals surface area contributed by atoms with Gasteiger partial charge in [-0.2, -0.15) is 8.78 Å². The van der Waals surface area contributed by atoms with Crippen molar-refractivity contribution < 1.29 is 18.3 Å². The van der Waals surface area contributed by atoms with Gasteiger partial charge in [0, 0.05) is 18.0 Å². The monoisotopic (exact) mass is 316 g/mol. The number of amides is 1. The number of aromatic nitrogens is 3. The van der Waals surface area contributed by atoms with E-state index in [-0.39, 0.29) is 10.6 Å². The molecule has 21 heavy (non-hydrogen) atoms. The van der Waals surface area contributed by atoms with Crippen LogP contribution in [0.15, 0.2) is 12.4 Å². The van der Waals surface area contributed by atoms with Gasteiger partial charge in [-0.25, -0.2) is 0 Å². The van der Waals surface area contributed by atoms with Crippen LogP contribution in [0.4, 0.5) is 8.78 Å². The third kappa shape index (κ3) is 3.97. The normalized spacial score (nSPS) is 10.9.